The summed E-state index contributed by atoms with van der Waals surface area (Å²) in [5.74, 6) is -0.664. The molecule has 0 spiro atoms. The number of carboxylic acid groups (broad SMARTS) is 1. The monoisotopic (exact) mass is 316 g/mol. The van der Waals surface area contributed by atoms with Crippen molar-refractivity contribution in [1.29, 1.82) is 0 Å². The second kappa shape index (κ2) is 19.6. The van der Waals surface area contributed by atoms with Gasteiger partial charge in [-0.25, -0.2) is 0 Å². The highest BCUT2D eigenvalue weighted by atomic mass is 32.1. The van der Waals surface area contributed by atoms with Crippen LogP contribution in [0.5, 0.6) is 0 Å². The molecule has 0 aliphatic carbocycles. The third kappa shape index (κ3) is 22.0. The maximum absolute atomic E-state index is 10.3. The molecule has 2 nitrogen and oxygen atoms in total. The molecular weight excluding hydrogens is 280 g/mol. The molecule has 0 rings (SSSR count). The van der Waals surface area contributed by atoms with Crippen molar-refractivity contribution in [2.75, 3.05) is 0 Å². The van der Waals surface area contributed by atoms with E-state index in [2.05, 4.69) is 19.1 Å². The van der Waals surface area contributed by atoms with Crippen LogP contribution in [0, 0.1) is 0 Å². The fourth-order valence-corrected chi connectivity index (χ4v) is 2.35. The van der Waals surface area contributed by atoms with Gasteiger partial charge in [-0.2, -0.15) is 13.5 Å². The van der Waals surface area contributed by atoms with Crippen LogP contribution in [0.4, 0.5) is 0 Å². The lowest BCUT2D eigenvalue weighted by molar-refractivity contribution is -0.137. The van der Waals surface area contributed by atoms with E-state index in [0.29, 0.717) is 6.42 Å². The third-order valence-electron chi connectivity index (χ3n) is 3.65. The molecule has 3 heteroatoms. The minimum Gasteiger partial charge on any atom is -0.481 e. The fourth-order valence-electron chi connectivity index (χ4n) is 2.35. The van der Waals surface area contributed by atoms with Crippen LogP contribution in [0.1, 0.15) is 96.8 Å². The van der Waals surface area contributed by atoms with Gasteiger partial charge in [0.25, 0.3) is 0 Å². The van der Waals surface area contributed by atoms with E-state index < -0.39 is 5.97 Å². The van der Waals surface area contributed by atoms with Gasteiger partial charge in [0.05, 0.1) is 0 Å². The Kier molecular flexibility index (Phi) is 21.3. The van der Waals surface area contributed by atoms with E-state index in [-0.39, 0.29) is 13.5 Å². The predicted molar refractivity (Wildman–Crippen MR) is 97.5 cm³/mol. The summed E-state index contributed by atoms with van der Waals surface area (Å²) in [7, 11) is 0. The summed E-state index contributed by atoms with van der Waals surface area (Å²) < 4.78 is 0. The number of aliphatic carboxylic acids is 1. The summed E-state index contributed by atoms with van der Waals surface area (Å²) in [6, 6.07) is 0. The molecule has 0 amide bonds. The van der Waals surface area contributed by atoms with Crippen LogP contribution in [-0.4, -0.2) is 11.1 Å². The van der Waals surface area contributed by atoms with Crippen molar-refractivity contribution < 1.29 is 9.90 Å². The van der Waals surface area contributed by atoms with Crippen LogP contribution in [0.2, 0.25) is 0 Å². The van der Waals surface area contributed by atoms with Gasteiger partial charge < -0.3 is 5.11 Å². The number of carbonyl (C=O) groups is 1. The number of hydrogen-bond acceptors (Lipinski definition) is 1. The van der Waals surface area contributed by atoms with Gasteiger partial charge in [0.15, 0.2) is 0 Å². The molecule has 1 N–H and O–H groups in total. The first-order valence-corrected chi connectivity index (χ1v) is 8.64. The minimum absolute atomic E-state index is 0. The Morgan fingerprint density at radius 1 is 0.762 bits per heavy atom. The Bertz CT molecular complexity index is 239. The summed E-state index contributed by atoms with van der Waals surface area (Å²) in [6.45, 7) is 2.26. The van der Waals surface area contributed by atoms with E-state index in [1.807, 2.05) is 0 Å². The van der Waals surface area contributed by atoms with Crippen molar-refractivity contribution in [3.05, 3.63) is 12.2 Å². The summed E-state index contributed by atoms with van der Waals surface area (Å²) in [5.41, 5.74) is 0. The van der Waals surface area contributed by atoms with E-state index in [9.17, 15) is 4.79 Å². The van der Waals surface area contributed by atoms with E-state index in [1.54, 1.807) is 0 Å². The molecule has 0 bridgehead atoms. The highest BCUT2D eigenvalue weighted by Crippen LogP contribution is 2.09. The van der Waals surface area contributed by atoms with Gasteiger partial charge >= 0.3 is 5.97 Å². The zero-order valence-corrected chi connectivity index (χ0v) is 14.9. The Morgan fingerprint density at radius 3 is 1.67 bits per heavy atom. The average Bonchev–Trinajstić information content (AvgIpc) is 2.43. The second-order valence-corrected chi connectivity index (χ2v) is 5.73. The SMILES string of the molecule is CCCCCCCC/C=C\CCCCCCCC(=O)O.S. The van der Waals surface area contributed by atoms with Crippen LogP contribution >= 0.6 is 13.5 Å². The molecule has 0 radical (unpaired) electrons. The van der Waals surface area contributed by atoms with Gasteiger partial charge in [0, 0.05) is 6.42 Å². The molecular formula is C18H36O2S. The normalized spacial score (nSPS) is 10.7. The van der Waals surface area contributed by atoms with Crippen molar-refractivity contribution in [3.63, 3.8) is 0 Å². The molecule has 0 fully saturated rings. The summed E-state index contributed by atoms with van der Waals surface area (Å²) in [4.78, 5) is 10.3. The number of rotatable bonds is 15. The standard InChI is InChI=1S/C18H34O2.H2S/c1-2-3-4-5-6-7-8-9-10-11-12-13-14-15-16-17-18(19)20;/h9-10H,2-8,11-17H2,1H3,(H,19,20);1H2/b10-9-;. The topological polar surface area (TPSA) is 37.3 Å². The molecule has 0 aliphatic rings. The lowest BCUT2D eigenvalue weighted by atomic mass is 10.1. The van der Waals surface area contributed by atoms with Crippen molar-refractivity contribution >= 4 is 19.5 Å². The Morgan fingerprint density at radius 2 is 1.19 bits per heavy atom. The smallest absolute Gasteiger partial charge is 0.303 e. The largest absolute Gasteiger partial charge is 0.481 e. The first-order valence-electron chi connectivity index (χ1n) is 8.64. The van der Waals surface area contributed by atoms with E-state index in [4.69, 9.17) is 5.11 Å². The van der Waals surface area contributed by atoms with E-state index >= 15 is 0 Å². The van der Waals surface area contributed by atoms with Crippen LogP contribution in [0.3, 0.4) is 0 Å². The zero-order valence-electron chi connectivity index (χ0n) is 13.9. The first kappa shape index (κ1) is 22.8. The Labute approximate surface area is 138 Å². The van der Waals surface area contributed by atoms with Gasteiger partial charge in [-0.3, -0.25) is 4.79 Å². The number of hydrogen-bond donors (Lipinski definition) is 1. The lowest BCUT2D eigenvalue weighted by Gasteiger charge is -1.99. The Balaban J connectivity index is 0. The van der Waals surface area contributed by atoms with Crippen LogP contribution in [0.25, 0.3) is 0 Å². The van der Waals surface area contributed by atoms with Crippen molar-refractivity contribution in [2.45, 2.75) is 96.8 Å². The van der Waals surface area contributed by atoms with Gasteiger partial charge in [-0.15, -0.1) is 0 Å². The molecule has 0 saturated carbocycles. The lowest BCUT2D eigenvalue weighted by Crippen LogP contribution is -1.93. The molecule has 0 aromatic rings. The predicted octanol–water partition coefficient (Wildman–Crippen LogP) is 6.22. The number of allylic oxidation sites excluding steroid dienone is 2. The Hall–Kier alpha value is -0.440. The quantitative estimate of drug-likeness (QED) is 0.287. The van der Waals surface area contributed by atoms with E-state index in [0.717, 1.165) is 12.8 Å². The number of unbranched alkanes of at least 4 members (excludes halogenated alkanes) is 11. The average molecular weight is 317 g/mol. The maximum atomic E-state index is 10.3. The molecule has 0 aromatic heterocycles. The molecule has 0 aromatic carbocycles. The highest BCUT2D eigenvalue weighted by molar-refractivity contribution is 7.59. The van der Waals surface area contributed by atoms with Gasteiger partial charge in [-0.05, 0) is 32.1 Å². The fraction of sp³-hybridized carbons (Fsp3) is 0.833. The van der Waals surface area contributed by atoms with E-state index in [1.165, 1.54) is 70.6 Å². The maximum Gasteiger partial charge on any atom is 0.303 e. The van der Waals surface area contributed by atoms with Crippen LogP contribution in [-0.2, 0) is 4.79 Å². The van der Waals surface area contributed by atoms with Gasteiger partial charge in [0.2, 0.25) is 0 Å². The van der Waals surface area contributed by atoms with Crippen molar-refractivity contribution in [1.82, 2.24) is 0 Å². The minimum atomic E-state index is -0.664. The van der Waals surface area contributed by atoms with Crippen LogP contribution in [0.15, 0.2) is 12.2 Å². The molecule has 126 valence electrons. The molecule has 0 unspecified atom stereocenters. The highest BCUT2D eigenvalue weighted by Gasteiger charge is 1.95. The molecule has 0 saturated heterocycles. The van der Waals surface area contributed by atoms with Gasteiger partial charge in [0.1, 0.15) is 0 Å². The summed E-state index contributed by atoms with van der Waals surface area (Å²) in [6.07, 6.45) is 21.2. The summed E-state index contributed by atoms with van der Waals surface area (Å²) >= 11 is 0. The number of carboxylic acids is 1. The first-order chi connectivity index (χ1) is 9.77. The molecule has 0 heterocycles. The molecule has 0 atom stereocenters. The second-order valence-electron chi connectivity index (χ2n) is 5.73. The summed E-state index contributed by atoms with van der Waals surface area (Å²) in [5, 5.41) is 8.51. The third-order valence-corrected chi connectivity index (χ3v) is 3.65. The van der Waals surface area contributed by atoms with Crippen molar-refractivity contribution in [3.8, 4) is 0 Å². The van der Waals surface area contributed by atoms with Crippen LogP contribution < -0.4 is 0 Å². The molecule has 21 heavy (non-hydrogen) atoms. The molecule has 0 aliphatic heterocycles. The van der Waals surface area contributed by atoms with Crippen molar-refractivity contribution in [2.24, 2.45) is 0 Å². The van der Waals surface area contributed by atoms with Gasteiger partial charge in [-0.1, -0.05) is 70.4 Å². The zero-order chi connectivity index (χ0) is 14.9.